The Morgan fingerprint density at radius 3 is 2.76 bits per heavy atom. The molecular formula is C16H30N4O. The normalized spacial score (nSPS) is 12.4. The van der Waals surface area contributed by atoms with Gasteiger partial charge in [-0.15, -0.1) is 0 Å². The monoisotopic (exact) mass is 294 g/mol. The first kappa shape index (κ1) is 17.7. The first-order chi connectivity index (χ1) is 10.1. The average Bonchev–Trinajstić information content (AvgIpc) is 2.48. The summed E-state index contributed by atoms with van der Waals surface area (Å²) in [5.41, 5.74) is 0.841. The SMILES string of the molecule is CCCCCC(C)NCCn1ncc(N(C)CC)cc1=O. The molecule has 0 aliphatic rings. The van der Waals surface area contributed by atoms with E-state index in [4.69, 9.17) is 0 Å². The molecule has 0 aliphatic heterocycles. The van der Waals surface area contributed by atoms with E-state index < -0.39 is 0 Å². The number of hydrogen-bond acceptors (Lipinski definition) is 4. The summed E-state index contributed by atoms with van der Waals surface area (Å²) in [5.74, 6) is 0. The highest BCUT2D eigenvalue weighted by Gasteiger charge is 2.04. The average molecular weight is 294 g/mol. The number of nitrogens with zero attached hydrogens (tertiary/aromatic N) is 3. The molecule has 0 bridgehead atoms. The molecule has 0 saturated carbocycles. The van der Waals surface area contributed by atoms with E-state index in [1.54, 1.807) is 12.3 Å². The molecule has 1 rings (SSSR count). The third-order valence-electron chi connectivity index (χ3n) is 3.83. The minimum Gasteiger partial charge on any atom is -0.373 e. The summed E-state index contributed by atoms with van der Waals surface area (Å²) in [7, 11) is 1.96. The van der Waals surface area contributed by atoms with Gasteiger partial charge < -0.3 is 10.2 Å². The van der Waals surface area contributed by atoms with E-state index in [-0.39, 0.29) is 5.56 Å². The smallest absolute Gasteiger partial charge is 0.268 e. The van der Waals surface area contributed by atoms with E-state index >= 15 is 0 Å². The maximum atomic E-state index is 12.0. The van der Waals surface area contributed by atoms with E-state index in [0.29, 0.717) is 12.6 Å². The van der Waals surface area contributed by atoms with Crippen LogP contribution in [-0.4, -0.2) is 36.0 Å². The number of aromatic nitrogens is 2. The largest absolute Gasteiger partial charge is 0.373 e. The number of hydrogen-bond donors (Lipinski definition) is 1. The highest BCUT2D eigenvalue weighted by molar-refractivity contribution is 5.41. The van der Waals surface area contributed by atoms with Crippen LogP contribution in [0.5, 0.6) is 0 Å². The Morgan fingerprint density at radius 1 is 1.38 bits per heavy atom. The lowest BCUT2D eigenvalue weighted by Crippen LogP contribution is -2.33. The lowest BCUT2D eigenvalue weighted by molar-refractivity contribution is 0.453. The lowest BCUT2D eigenvalue weighted by Gasteiger charge is -2.17. The number of nitrogens with one attached hydrogen (secondary N) is 1. The third-order valence-corrected chi connectivity index (χ3v) is 3.83. The van der Waals surface area contributed by atoms with Crippen LogP contribution in [0.2, 0.25) is 0 Å². The lowest BCUT2D eigenvalue weighted by atomic mass is 10.1. The number of unbranched alkanes of at least 4 members (excludes halogenated alkanes) is 2. The van der Waals surface area contributed by atoms with Crippen LogP contribution in [0.1, 0.15) is 46.5 Å². The van der Waals surface area contributed by atoms with Crippen molar-refractivity contribution >= 4 is 5.69 Å². The first-order valence-corrected chi connectivity index (χ1v) is 8.10. The predicted molar refractivity (Wildman–Crippen MR) is 89.0 cm³/mol. The molecular weight excluding hydrogens is 264 g/mol. The molecule has 120 valence electrons. The maximum Gasteiger partial charge on any atom is 0.268 e. The quantitative estimate of drug-likeness (QED) is 0.673. The standard InChI is InChI=1S/C16H30N4O/c1-5-7-8-9-14(3)17-10-11-20-16(21)12-15(13-18-20)19(4)6-2/h12-14,17H,5-11H2,1-4H3. The second-order valence-corrected chi connectivity index (χ2v) is 5.64. The molecule has 0 aromatic carbocycles. The zero-order chi connectivity index (χ0) is 15.7. The predicted octanol–water partition coefficient (Wildman–Crippen LogP) is 2.26. The molecule has 1 heterocycles. The Bertz CT molecular complexity index is 458. The van der Waals surface area contributed by atoms with Gasteiger partial charge in [0.15, 0.2) is 0 Å². The van der Waals surface area contributed by atoms with Crippen molar-refractivity contribution in [1.82, 2.24) is 15.1 Å². The van der Waals surface area contributed by atoms with Gasteiger partial charge in [-0.1, -0.05) is 26.2 Å². The summed E-state index contributed by atoms with van der Waals surface area (Å²) in [6, 6.07) is 2.15. The molecule has 1 aromatic rings. The first-order valence-electron chi connectivity index (χ1n) is 8.10. The van der Waals surface area contributed by atoms with Crippen molar-refractivity contribution in [2.24, 2.45) is 0 Å². The summed E-state index contributed by atoms with van der Waals surface area (Å²) in [4.78, 5) is 14.0. The van der Waals surface area contributed by atoms with Gasteiger partial charge in [-0.2, -0.15) is 5.10 Å². The van der Waals surface area contributed by atoms with Gasteiger partial charge in [-0.3, -0.25) is 4.79 Å². The minimum atomic E-state index is -0.0340. The van der Waals surface area contributed by atoms with Crippen LogP contribution in [0.25, 0.3) is 0 Å². The summed E-state index contributed by atoms with van der Waals surface area (Å²) in [6.07, 6.45) is 6.76. The number of anilines is 1. The third kappa shape index (κ3) is 6.29. The Hall–Kier alpha value is -1.36. The maximum absolute atomic E-state index is 12.0. The van der Waals surface area contributed by atoms with Gasteiger partial charge in [0.1, 0.15) is 0 Å². The fraction of sp³-hybridized carbons (Fsp3) is 0.750. The van der Waals surface area contributed by atoms with Crippen LogP contribution < -0.4 is 15.8 Å². The van der Waals surface area contributed by atoms with Crippen LogP contribution in [0.15, 0.2) is 17.1 Å². The van der Waals surface area contributed by atoms with Crippen molar-refractivity contribution in [3.8, 4) is 0 Å². The highest BCUT2D eigenvalue weighted by atomic mass is 16.1. The molecule has 21 heavy (non-hydrogen) atoms. The second kappa shape index (κ2) is 9.55. The molecule has 0 amide bonds. The zero-order valence-electron chi connectivity index (χ0n) is 13.9. The van der Waals surface area contributed by atoms with E-state index in [1.165, 1.54) is 30.4 Å². The van der Waals surface area contributed by atoms with Crippen molar-refractivity contribution in [3.63, 3.8) is 0 Å². The van der Waals surface area contributed by atoms with Crippen molar-refractivity contribution in [3.05, 3.63) is 22.6 Å². The topological polar surface area (TPSA) is 50.2 Å². The van der Waals surface area contributed by atoms with Gasteiger partial charge in [0.05, 0.1) is 18.4 Å². The Morgan fingerprint density at radius 2 is 2.14 bits per heavy atom. The second-order valence-electron chi connectivity index (χ2n) is 5.64. The van der Waals surface area contributed by atoms with Gasteiger partial charge in [-0.05, 0) is 20.3 Å². The molecule has 0 saturated heterocycles. The zero-order valence-corrected chi connectivity index (χ0v) is 13.9. The summed E-state index contributed by atoms with van der Waals surface area (Å²) in [5, 5.41) is 7.70. The van der Waals surface area contributed by atoms with Crippen LogP contribution in [-0.2, 0) is 6.54 Å². The van der Waals surface area contributed by atoms with Crippen molar-refractivity contribution in [2.45, 2.75) is 59.0 Å². The highest BCUT2D eigenvalue weighted by Crippen LogP contribution is 2.05. The van der Waals surface area contributed by atoms with Gasteiger partial charge in [-0.25, -0.2) is 4.68 Å². The molecule has 0 fully saturated rings. The molecule has 1 N–H and O–H groups in total. The fourth-order valence-corrected chi connectivity index (χ4v) is 2.20. The molecule has 5 nitrogen and oxygen atoms in total. The van der Waals surface area contributed by atoms with Gasteiger partial charge in [0.2, 0.25) is 0 Å². The molecule has 1 unspecified atom stereocenters. The van der Waals surface area contributed by atoms with E-state index in [1.807, 2.05) is 11.9 Å². The molecule has 1 aromatic heterocycles. The van der Waals surface area contributed by atoms with E-state index in [0.717, 1.165) is 18.8 Å². The fourth-order valence-electron chi connectivity index (χ4n) is 2.20. The van der Waals surface area contributed by atoms with E-state index in [2.05, 4.69) is 31.2 Å². The van der Waals surface area contributed by atoms with Crippen molar-refractivity contribution in [1.29, 1.82) is 0 Å². The number of rotatable bonds is 10. The summed E-state index contributed by atoms with van der Waals surface area (Å²) in [6.45, 7) is 8.73. The molecule has 5 heteroatoms. The van der Waals surface area contributed by atoms with Gasteiger partial charge >= 0.3 is 0 Å². The van der Waals surface area contributed by atoms with Crippen LogP contribution in [0, 0.1) is 0 Å². The van der Waals surface area contributed by atoms with Crippen LogP contribution in [0.3, 0.4) is 0 Å². The Labute approximate surface area is 128 Å². The van der Waals surface area contributed by atoms with Crippen LogP contribution >= 0.6 is 0 Å². The molecule has 1 atom stereocenters. The van der Waals surface area contributed by atoms with Gasteiger partial charge in [0.25, 0.3) is 5.56 Å². The summed E-state index contributed by atoms with van der Waals surface area (Å²) < 4.78 is 1.53. The Balaban J connectivity index is 2.40. The van der Waals surface area contributed by atoms with Crippen molar-refractivity contribution < 1.29 is 0 Å². The summed E-state index contributed by atoms with van der Waals surface area (Å²) >= 11 is 0. The Kier molecular flexibility index (Phi) is 8.05. The molecule has 0 spiro atoms. The van der Waals surface area contributed by atoms with Crippen LogP contribution in [0.4, 0.5) is 5.69 Å². The minimum absolute atomic E-state index is 0.0340. The molecule has 0 aliphatic carbocycles. The van der Waals surface area contributed by atoms with Crippen molar-refractivity contribution in [2.75, 3.05) is 25.0 Å². The van der Waals surface area contributed by atoms with E-state index in [9.17, 15) is 4.79 Å². The molecule has 0 radical (unpaired) electrons. The van der Waals surface area contributed by atoms with Gasteiger partial charge in [0, 0.05) is 32.2 Å².